The second-order valence-corrected chi connectivity index (χ2v) is 10.8. The van der Waals surface area contributed by atoms with Crippen LogP contribution in [0.25, 0.3) is 4.91 Å². The maximum atomic E-state index is 15.6. The van der Waals surface area contributed by atoms with Gasteiger partial charge in [0, 0.05) is 10.5 Å². The molecule has 0 amide bonds. The first kappa shape index (κ1) is 24.4. The van der Waals surface area contributed by atoms with Gasteiger partial charge >= 0.3 is 17.8 Å². The summed E-state index contributed by atoms with van der Waals surface area (Å²) >= 11 is 1.28. The summed E-state index contributed by atoms with van der Waals surface area (Å²) in [5, 5.41) is -0.764. The summed E-state index contributed by atoms with van der Waals surface area (Å²) in [4.78, 5) is 2.14. The SMILES string of the molecule is CCN1C2=C3C(=C4C(C)=C(c5ccccc5)SC4C2[N+](C)=C1c1ccccc1)C(F)(F)C(F)(F)C3(F)F. The van der Waals surface area contributed by atoms with E-state index in [1.54, 1.807) is 80.1 Å². The van der Waals surface area contributed by atoms with Crippen LogP contribution in [-0.2, 0) is 0 Å². The molecule has 0 bridgehead atoms. The van der Waals surface area contributed by atoms with E-state index in [2.05, 4.69) is 0 Å². The average molecular weight is 534 g/mol. The van der Waals surface area contributed by atoms with Crippen molar-refractivity contribution in [1.82, 2.24) is 4.90 Å². The Kier molecular flexibility index (Phi) is 5.13. The molecule has 37 heavy (non-hydrogen) atoms. The number of hydrogen-bond donors (Lipinski definition) is 0. The zero-order valence-corrected chi connectivity index (χ0v) is 21.0. The molecule has 0 aromatic heterocycles. The third-order valence-electron chi connectivity index (χ3n) is 7.71. The van der Waals surface area contributed by atoms with Crippen molar-refractivity contribution in [3.63, 3.8) is 0 Å². The van der Waals surface area contributed by atoms with Gasteiger partial charge in [-0.15, -0.1) is 11.8 Å². The molecule has 9 heteroatoms. The number of likely N-dealkylation sites (N-methyl/N-ethyl adjacent to an activating group) is 2. The summed E-state index contributed by atoms with van der Waals surface area (Å²) < 4.78 is 93.9. The fourth-order valence-electron chi connectivity index (χ4n) is 6.13. The topological polar surface area (TPSA) is 6.25 Å². The molecule has 2 unspecified atom stereocenters. The van der Waals surface area contributed by atoms with Gasteiger partial charge in [-0.3, -0.25) is 4.58 Å². The lowest BCUT2D eigenvalue weighted by Crippen LogP contribution is -2.47. The molecule has 2 aromatic rings. The molecule has 2 aliphatic heterocycles. The first-order valence-corrected chi connectivity index (χ1v) is 12.8. The number of rotatable bonds is 3. The molecule has 2 heterocycles. The smallest absolute Gasteiger partial charge is 0.252 e. The molecular weight excluding hydrogens is 510 g/mol. The maximum absolute atomic E-state index is 15.6. The Balaban J connectivity index is 1.70. The fraction of sp³-hybridized carbons (Fsp3) is 0.321. The van der Waals surface area contributed by atoms with Gasteiger partial charge in [0.25, 0.3) is 5.84 Å². The van der Waals surface area contributed by atoms with Crippen LogP contribution in [0.5, 0.6) is 0 Å². The molecule has 0 spiro atoms. The van der Waals surface area contributed by atoms with Crippen LogP contribution < -0.4 is 0 Å². The lowest BCUT2D eigenvalue weighted by molar-refractivity contribution is -0.519. The summed E-state index contributed by atoms with van der Waals surface area (Å²) in [5.74, 6) is -15.1. The highest BCUT2D eigenvalue weighted by Gasteiger charge is 2.84. The Hall–Kier alpha value is -2.94. The van der Waals surface area contributed by atoms with Crippen LogP contribution in [0.2, 0.25) is 0 Å². The number of fused-ring (bicyclic) bond motifs is 4. The predicted molar refractivity (Wildman–Crippen MR) is 132 cm³/mol. The summed E-state index contributed by atoms with van der Waals surface area (Å²) in [7, 11) is 1.71. The highest BCUT2D eigenvalue weighted by Crippen LogP contribution is 2.68. The quantitative estimate of drug-likeness (QED) is 0.316. The summed E-state index contributed by atoms with van der Waals surface area (Å²) in [5.41, 5.74) is -0.950. The molecule has 2 aliphatic carbocycles. The van der Waals surface area contributed by atoms with Crippen LogP contribution in [0.3, 0.4) is 0 Å². The van der Waals surface area contributed by atoms with Crippen molar-refractivity contribution < 1.29 is 30.9 Å². The van der Waals surface area contributed by atoms with E-state index in [9.17, 15) is 8.78 Å². The summed E-state index contributed by atoms with van der Waals surface area (Å²) in [6.45, 7) is 3.42. The molecule has 0 radical (unpaired) electrons. The number of nitrogens with zero attached hydrogens (tertiary/aromatic N) is 2. The number of thioether (sulfide) groups is 1. The van der Waals surface area contributed by atoms with E-state index in [4.69, 9.17) is 0 Å². The molecule has 0 N–H and O–H groups in total. The van der Waals surface area contributed by atoms with E-state index in [0.717, 1.165) is 5.56 Å². The summed E-state index contributed by atoms with van der Waals surface area (Å²) in [6, 6.07) is 17.1. The number of amidine groups is 1. The highest BCUT2D eigenvalue weighted by molar-refractivity contribution is 8.09. The molecule has 2 nitrogen and oxygen atoms in total. The minimum atomic E-state index is -5.56. The van der Waals surface area contributed by atoms with Gasteiger partial charge < -0.3 is 0 Å². The molecule has 2 aromatic carbocycles. The first-order chi connectivity index (χ1) is 17.5. The van der Waals surface area contributed by atoms with E-state index >= 15 is 17.6 Å². The minimum Gasteiger partial charge on any atom is -0.252 e. The molecular formula is C28H23F6N2S+. The molecule has 0 saturated heterocycles. The minimum absolute atomic E-state index is 0.105. The van der Waals surface area contributed by atoms with E-state index in [0.29, 0.717) is 21.9 Å². The third kappa shape index (κ3) is 2.89. The Morgan fingerprint density at radius 1 is 0.838 bits per heavy atom. The van der Waals surface area contributed by atoms with Crippen LogP contribution >= 0.6 is 11.8 Å². The van der Waals surface area contributed by atoms with Gasteiger partial charge in [-0.25, -0.2) is 4.90 Å². The van der Waals surface area contributed by atoms with Crippen LogP contribution in [-0.4, -0.2) is 58.0 Å². The van der Waals surface area contributed by atoms with Crippen LogP contribution in [0.15, 0.2) is 88.7 Å². The molecule has 1 fully saturated rings. The Morgan fingerprint density at radius 2 is 1.38 bits per heavy atom. The fourth-order valence-corrected chi connectivity index (χ4v) is 7.80. The lowest BCUT2D eigenvalue weighted by Gasteiger charge is -2.30. The van der Waals surface area contributed by atoms with Crippen molar-refractivity contribution in [2.75, 3.05) is 13.6 Å². The van der Waals surface area contributed by atoms with Crippen molar-refractivity contribution in [3.8, 4) is 0 Å². The van der Waals surface area contributed by atoms with E-state index < -0.39 is 40.2 Å². The van der Waals surface area contributed by atoms with Crippen molar-refractivity contribution in [2.24, 2.45) is 0 Å². The molecule has 192 valence electrons. The monoisotopic (exact) mass is 533 g/mol. The number of halogens is 6. The zero-order valence-electron chi connectivity index (χ0n) is 20.2. The normalized spacial score (nSPS) is 27.2. The van der Waals surface area contributed by atoms with E-state index in [1.165, 1.54) is 16.7 Å². The Morgan fingerprint density at radius 3 is 1.95 bits per heavy atom. The number of benzene rings is 2. The van der Waals surface area contributed by atoms with Crippen molar-refractivity contribution in [1.29, 1.82) is 0 Å². The largest absolute Gasteiger partial charge is 0.380 e. The standard InChI is InChI=1S/C28H23F6N2S/c1-4-36-21-20-19(26(29,30)28(33,34)27(20,31)32)18-15(2)23(16-11-7-5-8-12-16)37-24(18)22(21)35(3)25(36)17-13-9-6-10-14-17/h5-14,22,24H,4H2,1-3H3/q+1. The van der Waals surface area contributed by atoms with Gasteiger partial charge in [0.1, 0.15) is 0 Å². The third-order valence-corrected chi connectivity index (χ3v) is 9.24. The second kappa shape index (κ2) is 7.79. The highest BCUT2D eigenvalue weighted by atomic mass is 32.2. The number of hydrogen-bond acceptors (Lipinski definition) is 2. The number of allylic oxidation sites excluding steroid dienone is 3. The molecule has 1 saturated carbocycles. The van der Waals surface area contributed by atoms with Crippen LogP contribution in [0.1, 0.15) is 25.0 Å². The molecule has 2 atom stereocenters. The number of alkyl halides is 6. The van der Waals surface area contributed by atoms with Gasteiger partial charge in [-0.05, 0) is 42.7 Å². The van der Waals surface area contributed by atoms with Gasteiger partial charge in [0.2, 0.25) is 0 Å². The van der Waals surface area contributed by atoms with Gasteiger partial charge in [0.05, 0.1) is 30.0 Å². The Bertz CT molecular complexity index is 1440. The van der Waals surface area contributed by atoms with E-state index in [-0.39, 0.29) is 17.8 Å². The van der Waals surface area contributed by atoms with Crippen LogP contribution in [0, 0.1) is 0 Å². The summed E-state index contributed by atoms with van der Waals surface area (Å²) in [6.07, 6.45) is 0. The molecule has 6 rings (SSSR count). The van der Waals surface area contributed by atoms with Crippen molar-refractivity contribution in [2.45, 2.75) is 42.9 Å². The first-order valence-electron chi connectivity index (χ1n) is 12.0. The van der Waals surface area contributed by atoms with E-state index in [1.807, 2.05) is 6.07 Å². The van der Waals surface area contributed by atoms with Crippen molar-refractivity contribution >= 4 is 22.5 Å². The second-order valence-electron chi connectivity index (χ2n) is 9.62. The van der Waals surface area contributed by atoms with Crippen molar-refractivity contribution in [3.05, 3.63) is 99.8 Å². The predicted octanol–water partition coefficient (Wildman–Crippen LogP) is 6.81. The van der Waals surface area contributed by atoms with Gasteiger partial charge in [0.15, 0.2) is 11.7 Å². The van der Waals surface area contributed by atoms with Gasteiger partial charge in [-0.2, -0.15) is 26.3 Å². The Labute approximate surface area is 214 Å². The average Bonchev–Trinajstić information content (AvgIpc) is 3.40. The van der Waals surface area contributed by atoms with Crippen LogP contribution in [0.4, 0.5) is 26.3 Å². The zero-order chi connectivity index (χ0) is 26.5. The van der Waals surface area contributed by atoms with Gasteiger partial charge in [-0.1, -0.05) is 48.5 Å². The lowest BCUT2D eigenvalue weighted by atomic mass is 9.82. The molecule has 4 aliphatic rings. The maximum Gasteiger partial charge on any atom is 0.380 e.